The summed E-state index contributed by atoms with van der Waals surface area (Å²) in [6.45, 7) is 4.56. The van der Waals surface area contributed by atoms with E-state index < -0.39 is 6.04 Å². The standard InChI is InChI=1S/C45H31NO2/c1-45(2)35-19-8-6-15-31(35)32-26-25-29(27-36(32)45)46(37-20-11-23-40-42(37)33-16-7-9-22-39(33)47-40)38-21-12-24-41-43(38)34-18-10-17-30(44(34)48-41)28-13-4-3-5-14-28/h3-27H,1-2H3/i3D,4D,5D,13D,14D. The van der Waals surface area contributed by atoms with Crippen LogP contribution < -0.4 is 4.90 Å². The van der Waals surface area contributed by atoms with E-state index in [0.29, 0.717) is 16.7 Å². The normalized spacial score (nSPS) is 14.8. The molecule has 9 aromatic rings. The number of anilines is 3. The molecule has 0 saturated heterocycles. The Labute approximate surface area is 285 Å². The molecule has 1 aliphatic rings. The van der Waals surface area contributed by atoms with Crippen LogP contribution in [0.2, 0.25) is 0 Å². The van der Waals surface area contributed by atoms with Crippen LogP contribution >= 0.6 is 0 Å². The number of fused-ring (bicyclic) bond motifs is 9. The van der Waals surface area contributed by atoms with Gasteiger partial charge in [-0.3, -0.25) is 0 Å². The van der Waals surface area contributed by atoms with E-state index in [-0.39, 0.29) is 35.1 Å². The van der Waals surface area contributed by atoms with Crippen molar-refractivity contribution in [3.05, 3.63) is 163 Å². The predicted molar refractivity (Wildman–Crippen MR) is 199 cm³/mol. The Morgan fingerprint density at radius 3 is 2.00 bits per heavy atom. The number of rotatable bonds is 4. The highest BCUT2D eigenvalue weighted by Crippen LogP contribution is 2.52. The van der Waals surface area contributed by atoms with Crippen LogP contribution in [0.4, 0.5) is 17.1 Å². The second kappa shape index (κ2) is 9.97. The van der Waals surface area contributed by atoms with Crippen LogP contribution in [0.25, 0.3) is 66.1 Å². The van der Waals surface area contributed by atoms with Gasteiger partial charge in [0.05, 0.1) is 29.0 Å². The number of benzene rings is 7. The van der Waals surface area contributed by atoms with Crippen molar-refractivity contribution >= 4 is 60.9 Å². The minimum absolute atomic E-state index is 0.106. The summed E-state index contributed by atoms with van der Waals surface area (Å²) in [6, 6.07) is 39.4. The zero-order chi connectivity index (χ0) is 36.3. The smallest absolute Gasteiger partial charge is 0.143 e. The van der Waals surface area contributed by atoms with Crippen molar-refractivity contribution in [2.24, 2.45) is 0 Å². The van der Waals surface area contributed by atoms with Gasteiger partial charge in [0.1, 0.15) is 22.3 Å². The molecule has 0 atom stereocenters. The van der Waals surface area contributed by atoms with Gasteiger partial charge in [-0.25, -0.2) is 0 Å². The summed E-state index contributed by atoms with van der Waals surface area (Å²) in [5.74, 6) is 0. The number of hydrogen-bond acceptors (Lipinski definition) is 3. The van der Waals surface area contributed by atoms with Crippen molar-refractivity contribution in [2.75, 3.05) is 4.90 Å². The molecular weight excluding hydrogens is 587 g/mol. The third kappa shape index (κ3) is 3.76. The Bertz CT molecular complexity index is 2980. The molecule has 0 unspecified atom stereocenters. The van der Waals surface area contributed by atoms with Gasteiger partial charge in [-0.2, -0.15) is 0 Å². The Balaban J connectivity index is 1.29. The van der Waals surface area contributed by atoms with Crippen LogP contribution in [0, 0.1) is 0 Å². The molecule has 0 N–H and O–H groups in total. The molecule has 2 aromatic heterocycles. The molecular formula is C45H31NO2. The van der Waals surface area contributed by atoms with Crippen molar-refractivity contribution in [3.8, 4) is 22.3 Å². The lowest BCUT2D eigenvalue weighted by molar-refractivity contribution is 0.660. The van der Waals surface area contributed by atoms with Gasteiger partial charge in [-0.15, -0.1) is 0 Å². The average Bonchev–Trinajstić information content (AvgIpc) is 3.82. The summed E-state index contributed by atoms with van der Waals surface area (Å²) < 4.78 is 55.4. The fraction of sp³-hybridized carbons (Fsp3) is 0.0667. The van der Waals surface area contributed by atoms with E-state index >= 15 is 0 Å². The summed E-state index contributed by atoms with van der Waals surface area (Å²) in [5, 5.41) is 3.59. The molecule has 0 aliphatic heterocycles. The van der Waals surface area contributed by atoms with Crippen LogP contribution in [0.15, 0.2) is 160 Å². The Hall–Kier alpha value is -6.06. The SMILES string of the molecule is [2H]c1c([2H])c([2H])c(-c2cccc3c2oc2cccc(N(c4ccc5c(c4)C(C)(C)c4ccccc4-5)c4cccc5oc6ccccc6c45)c23)c([2H])c1[2H]. The Morgan fingerprint density at radius 1 is 0.542 bits per heavy atom. The largest absolute Gasteiger partial charge is 0.456 e. The van der Waals surface area contributed by atoms with Gasteiger partial charge in [0.15, 0.2) is 0 Å². The molecule has 48 heavy (non-hydrogen) atoms. The molecule has 228 valence electrons. The number of furan rings is 2. The van der Waals surface area contributed by atoms with Gasteiger partial charge in [0.2, 0.25) is 0 Å². The maximum atomic E-state index is 8.76. The molecule has 1 aliphatic carbocycles. The van der Waals surface area contributed by atoms with Gasteiger partial charge < -0.3 is 13.7 Å². The Kier molecular flexibility index (Phi) is 4.67. The van der Waals surface area contributed by atoms with Crippen molar-refractivity contribution < 1.29 is 15.7 Å². The first-order valence-corrected chi connectivity index (χ1v) is 16.1. The minimum Gasteiger partial charge on any atom is -0.456 e. The van der Waals surface area contributed by atoms with Gasteiger partial charge >= 0.3 is 0 Å². The first-order chi connectivity index (χ1) is 25.6. The number of hydrogen-bond donors (Lipinski definition) is 0. The fourth-order valence-electron chi connectivity index (χ4n) is 7.78. The van der Waals surface area contributed by atoms with Crippen LogP contribution in [-0.4, -0.2) is 0 Å². The van der Waals surface area contributed by atoms with Crippen LogP contribution in [-0.2, 0) is 5.41 Å². The lowest BCUT2D eigenvalue weighted by Gasteiger charge is -2.29. The van der Waals surface area contributed by atoms with Gasteiger partial charge in [-0.05, 0) is 70.3 Å². The molecule has 7 aromatic carbocycles. The molecule has 0 amide bonds. The molecule has 0 radical (unpaired) electrons. The first-order valence-electron chi connectivity index (χ1n) is 18.6. The maximum Gasteiger partial charge on any atom is 0.143 e. The zero-order valence-electron chi connectivity index (χ0n) is 31.3. The monoisotopic (exact) mass is 622 g/mol. The molecule has 3 nitrogen and oxygen atoms in total. The second-order valence-corrected chi connectivity index (χ2v) is 12.9. The second-order valence-electron chi connectivity index (χ2n) is 12.9. The predicted octanol–water partition coefficient (Wildman–Crippen LogP) is 12.9. The minimum atomic E-state index is -0.431. The maximum absolute atomic E-state index is 8.76. The fourth-order valence-corrected chi connectivity index (χ4v) is 7.78. The highest BCUT2D eigenvalue weighted by molar-refractivity contribution is 6.19. The molecule has 0 bridgehead atoms. The van der Waals surface area contributed by atoms with E-state index in [9.17, 15) is 0 Å². The van der Waals surface area contributed by atoms with Gasteiger partial charge in [0.25, 0.3) is 0 Å². The van der Waals surface area contributed by atoms with E-state index in [2.05, 4.69) is 79.4 Å². The molecule has 2 heterocycles. The summed E-state index contributed by atoms with van der Waals surface area (Å²) in [4.78, 5) is 2.28. The first kappa shape index (κ1) is 22.5. The van der Waals surface area contributed by atoms with Crippen LogP contribution in [0.3, 0.4) is 0 Å². The molecule has 0 saturated carbocycles. The topological polar surface area (TPSA) is 29.5 Å². The van der Waals surface area contributed by atoms with E-state index in [1.54, 1.807) is 6.07 Å². The Morgan fingerprint density at radius 2 is 1.17 bits per heavy atom. The average molecular weight is 623 g/mol. The summed E-state index contributed by atoms with van der Waals surface area (Å²) in [5.41, 5.74) is 10.7. The zero-order valence-corrected chi connectivity index (χ0v) is 26.3. The molecule has 3 heteroatoms. The van der Waals surface area contributed by atoms with E-state index in [4.69, 9.17) is 15.7 Å². The number of nitrogens with zero attached hydrogens (tertiary/aromatic N) is 1. The summed E-state index contributed by atoms with van der Waals surface area (Å²) >= 11 is 0. The highest BCUT2D eigenvalue weighted by atomic mass is 16.3. The summed E-state index contributed by atoms with van der Waals surface area (Å²) in [7, 11) is 0. The van der Waals surface area contributed by atoms with Crippen molar-refractivity contribution in [2.45, 2.75) is 19.3 Å². The van der Waals surface area contributed by atoms with Crippen molar-refractivity contribution in [3.63, 3.8) is 0 Å². The third-order valence-electron chi connectivity index (χ3n) is 9.96. The lowest BCUT2D eigenvalue weighted by Crippen LogP contribution is -2.16. The van der Waals surface area contributed by atoms with Crippen LogP contribution in [0.5, 0.6) is 0 Å². The summed E-state index contributed by atoms with van der Waals surface area (Å²) in [6.07, 6.45) is 0. The van der Waals surface area contributed by atoms with E-state index in [1.807, 2.05) is 54.6 Å². The molecule has 0 fully saturated rings. The third-order valence-corrected chi connectivity index (χ3v) is 9.96. The van der Waals surface area contributed by atoms with Crippen molar-refractivity contribution in [1.29, 1.82) is 0 Å². The quantitative estimate of drug-likeness (QED) is 0.196. The lowest BCUT2D eigenvalue weighted by atomic mass is 9.82. The van der Waals surface area contributed by atoms with Crippen molar-refractivity contribution in [1.82, 2.24) is 0 Å². The number of para-hydroxylation sites is 2. The molecule has 10 rings (SSSR count). The highest BCUT2D eigenvalue weighted by Gasteiger charge is 2.36. The van der Waals surface area contributed by atoms with E-state index in [1.165, 1.54) is 22.3 Å². The van der Waals surface area contributed by atoms with Crippen LogP contribution in [0.1, 0.15) is 31.8 Å². The van der Waals surface area contributed by atoms with E-state index in [0.717, 1.165) is 49.8 Å². The van der Waals surface area contributed by atoms with Gasteiger partial charge in [-0.1, -0.05) is 123 Å². The van der Waals surface area contributed by atoms with Gasteiger partial charge in [0, 0.05) is 27.4 Å². The molecule has 0 spiro atoms.